The van der Waals surface area contributed by atoms with Crippen LogP contribution in [0.3, 0.4) is 0 Å². The van der Waals surface area contributed by atoms with Crippen LogP contribution in [0.2, 0.25) is 0 Å². The summed E-state index contributed by atoms with van der Waals surface area (Å²) in [5.41, 5.74) is 3.52. The Labute approximate surface area is 224 Å². The molecule has 1 saturated heterocycles. The lowest BCUT2D eigenvalue weighted by molar-refractivity contribution is -0.131. The molecule has 38 heavy (non-hydrogen) atoms. The summed E-state index contributed by atoms with van der Waals surface area (Å²) in [4.78, 5) is 35.6. The van der Waals surface area contributed by atoms with Crippen LogP contribution in [0.5, 0.6) is 5.75 Å². The van der Waals surface area contributed by atoms with Crippen molar-refractivity contribution in [3.05, 3.63) is 66.1 Å². The molecule has 0 unspecified atom stereocenters. The molecule has 1 aliphatic rings. The largest absolute Gasteiger partial charge is 0.492 e. The van der Waals surface area contributed by atoms with Gasteiger partial charge in [0.1, 0.15) is 5.75 Å². The first-order valence-electron chi connectivity index (χ1n) is 13.4. The zero-order chi connectivity index (χ0) is 26.9. The van der Waals surface area contributed by atoms with Crippen molar-refractivity contribution in [3.8, 4) is 16.9 Å². The summed E-state index contributed by atoms with van der Waals surface area (Å²) in [7, 11) is 0. The zero-order valence-corrected chi connectivity index (χ0v) is 22.5. The lowest BCUT2D eigenvalue weighted by atomic mass is 9.97. The van der Waals surface area contributed by atoms with Gasteiger partial charge in [-0.15, -0.1) is 10.2 Å². The monoisotopic (exact) mass is 516 g/mol. The molecule has 0 saturated carbocycles. The highest BCUT2D eigenvalue weighted by atomic mass is 16.5. The third kappa shape index (κ3) is 6.45. The second kappa shape index (κ2) is 13.0. The lowest BCUT2D eigenvalue weighted by Gasteiger charge is -2.35. The molecular formula is C29H36N6O3. The van der Waals surface area contributed by atoms with E-state index < -0.39 is 0 Å². The maximum Gasteiger partial charge on any atom is 0.274 e. The van der Waals surface area contributed by atoms with E-state index >= 15 is 0 Å². The molecule has 9 nitrogen and oxygen atoms in total. The van der Waals surface area contributed by atoms with Crippen molar-refractivity contribution in [3.63, 3.8) is 0 Å². The molecule has 2 amide bonds. The standard InChI is InChI=1S/C29H36N6O3/c1-4-33(5-2)29(37)26-12-13-27(32-31-26)34-15-17-35(18-16-34)28(36)14-11-22-9-7-8-10-25(22)23-19-24(38-6-3)21-30-20-23/h7-10,12-13,19-21H,4-6,11,14-18H2,1-3H3. The summed E-state index contributed by atoms with van der Waals surface area (Å²) in [6.07, 6.45) is 4.64. The molecule has 0 bridgehead atoms. The molecule has 0 radical (unpaired) electrons. The molecule has 0 spiro atoms. The number of carbonyl (C=O) groups is 2. The van der Waals surface area contributed by atoms with Crippen LogP contribution in [0, 0.1) is 0 Å². The van der Waals surface area contributed by atoms with Crippen LogP contribution < -0.4 is 9.64 Å². The number of hydrogen-bond acceptors (Lipinski definition) is 7. The van der Waals surface area contributed by atoms with Gasteiger partial charge in [0, 0.05) is 57.4 Å². The van der Waals surface area contributed by atoms with Crippen molar-refractivity contribution < 1.29 is 14.3 Å². The fourth-order valence-electron chi connectivity index (χ4n) is 4.70. The molecule has 0 N–H and O–H groups in total. The van der Waals surface area contributed by atoms with Crippen molar-refractivity contribution in [2.45, 2.75) is 33.6 Å². The highest BCUT2D eigenvalue weighted by Gasteiger charge is 2.23. The molecule has 1 aromatic carbocycles. The van der Waals surface area contributed by atoms with Crippen LogP contribution in [-0.4, -0.2) is 82.7 Å². The first-order valence-corrected chi connectivity index (χ1v) is 13.4. The number of hydrogen-bond donors (Lipinski definition) is 0. The van der Waals surface area contributed by atoms with Crippen LogP contribution >= 0.6 is 0 Å². The topological polar surface area (TPSA) is 91.8 Å². The third-order valence-corrected chi connectivity index (χ3v) is 6.84. The Morgan fingerprint density at radius 1 is 0.947 bits per heavy atom. The minimum Gasteiger partial charge on any atom is -0.492 e. The van der Waals surface area contributed by atoms with Gasteiger partial charge in [0.25, 0.3) is 5.91 Å². The van der Waals surface area contributed by atoms with E-state index in [4.69, 9.17) is 4.74 Å². The Kier molecular flexibility index (Phi) is 9.24. The number of carbonyl (C=O) groups excluding carboxylic acids is 2. The van der Waals surface area contributed by atoms with E-state index in [-0.39, 0.29) is 11.8 Å². The number of ether oxygens (including phenoxy) is 1. The zero-order valence-electron chi connectivity index (χ0n) is 22.5. The molecule has 9 heteroatoms. The summed E-state index contributed by atoms with van der Waals surface area (Å²) >= 11 is 0. The molecule has 2 aromatic heterocycles. The minimum atomic E-state index is -0.107. The quantitative estimate of drug-likeness (QED) is 0.406. The smallest absolute Gasteiger partial charge is 0.274 e. The van der Waals surface area contributed by atoms with Gasteiger partial charge >= 0.3 is 0 Å². The molecule has 3 heterocycles. The summed E-state index contributed by atoms with van der Waals surface area (Å²) in [6, 6.07) is 13.7. The van der Waals surface area contributed by atoms with E-state index in [1.807, 2.05) is 56.1 Å². The van der Waals surface area contributed by atoms with Crippen molar-refractivity contribution >= 4 is 17.6 Å². The van der Waals surface area contributed by atoms with Gasteiger partial charge in [0.05, 0.1) is 12.8 Å². The Morgan fingerprint density at radius 3 is 2.39 bits per heavy atom. The highest BCUT2D eigenvalue weighted by molar-refractivity contribution is 5.92. The van der Waals surface area contributed by atoms with E-state index in [1.54, 1.807) is 17.2 Å². The highest BCUT2D eigenvalue weighted by Crippen LogP contribution is 2.27. The van der Waals surface area contributed by atoms with Gasteiger partial charge in [-0.1, -0.05) is 24.3 Å². The van der Waals surface area contributed by atoms with Gasteiger partial charge in [-0.3, -0.25) is 14.6 Å². The lowest BCUT2D eigenvalue weighted by Crippen LogP contribution is -2.49. The van der Waals surface area contributed by atoms with Gasteiger partial charge in [0.2, 0.25) is 5.91 Å². The fourth-order valence-corrected chi connectivity index (χ4v) is 4.70. The molecule has 4 rings (SSSR count). The van der Waals surface area contributed by atoms with E-state index in [1.165, 1.54) is 0 Å². The SMILES string of the molecule is CCOc1cncc(-c2ccccc2CCC(=O)N2CCN(c3ccc(C(=O)N(CC)CC)nn3)CC2)c1. The van der Waals surface area contributed by atoms with Gasteiger partial charge in [0.15, 0.2) is 11.5 Å². The maximum atomic E-state index is 13.0. The van der Waals surface area contributed by atoms with E-state index in [2.05, 4.69) is 32.2 Å². The number of aryl methyl sites for hydroxylation is 1. The molecule has 200 valence electrons. The van der Waals surface area contributed by atoms with Gasteiger partial charge in [-0.25, -0.2) is 0 Å². The first kappa shape index (κ1) is 27.0. The van der Waals surface area contributed by atoms with Crippen molar-refractivity contribution in [1.29, 1.82) is 0 Å². The number of pyridine rings is 1. The second-order valence-corrected chi connectivity index (χ2v) is 9.12. The Bertz CT molecular complexity index is 1220. The minimum absolute atomic E-state index is 0.107. The average molecular weight is 517 g/mol. The molecule has 0 aliphatic carbocycles. The van der Waals surface area contributed by atoms with Crippen LogP contribution in [0.25, 0.3) is 11.1 Å². The Morgan fingerprint density at radius 2 is 1.71 bits per heavy atom. The van der Waals surface area contributed by atoms with Crippen LogP contribution in [0.15, 0.2) is 54.9 Å². The van der Waals surface area contributed by atoms with Crippen LogP contribution in [0.4, 0.5) is 5.82 Å². The maximum absolute atomic E-state index is 13.0. The molecular weight excluding hydrogens is 480 g/mol. The number of nitrogens with zero attached hydrogens (tertiary/aromatic N) is 6. The van der Waals surface area contributed by atoms with Gasteiger partial charge in [-0.2, -0.15) is 0 Å². The van der Waals surface area contributed by atoms with Crippen molar-refractivity contribution in [2.24, 2.45) is 0 Å². The van der Waals surface area contributed by atoms with Crippen LogP contribution in [-0.2, 0) is 11.2 Å². The number of rotatable bonds is 10. The number of piperazine rings is 1. The predicted molar refractivity (Wildman–Crippen MR) is 147 cm³/mol. The Balaban J connectivity index is 1.32. The van der Waals surface area contributed by atoms with Gasteiger partial charge in [-0.05, 0) is 56.5 Å². The summed E-state index contributed by atoms with van der Waals surface area (Å²) < 4.78 is 5.61. The summed E-state index contributed by atoms with van der Waals surface area (Å²) in [6.45, 7) is 10.3. The fraction of sp³-hybridized carbons (Fsp3) is 0.414. The summed E-state index contributed by atoms with van der Waals surface area (Å²) in [5.74, 6) is 1.50. The predicted octanol–water partition coefficient (Wildman–Crippen LogP) is 3.70. The molecule has 1 fully saturated rings. The second-order valence-electron chi connectivity index (χ2n) is 9.12. The normalized spacial score (nSPS) is 13.3. The van der Waals surface area contributed by atoms with Crippen molar-refractivity contribution in [1.82, 2.24) is 25.0 Å². The summed E-state index contributed by atoms with van der Waals surface area (Å²) in [5, 5.41) is 8.45. The number of amides is 2. The Hall–Kier alpha value is -4.01. The van der Waals surface area contributed by atoms with Crippen molar-refractivity contribution in [2.75, 3.05) is 50.8 Å². The van der Waals surface area contributed by atoms with Crippen LogP contribution in [0.1, 0.15) is 43.2 Å². The van der Waals surface area contributed by atoms with Gasteiger partial charge < -0.3 is 19.4 Å². The van der Waals surface area contributed by atoms with E-state index in [0.29, 0.717) is 64.4 Å². The molecule has 3 aromatic rings. The van der Waals surface area contributed by atoms with E-state index in [9.17, 15) is 9.59 Å². The molecule has 1 aliphatic heterocycles. The number of benzene rings is 1. The third-order valence-electron chi connectivity index (χ3n) is 6.84. The average Bonchev–Trinajstić information content (AvgIpc) is 2.97. The number of aromatic nitrogens is 3. The first-order chi connectivity index (χ1) is 18.5. The van der Waals surface area contributed by atoms with E-state index in [0.717, 1.165) is 28.3 Å². The number of anilines is 1. The molecule has 0 atom stereocenters.